The van der Waals surface area contributed by atoms with Gasteiger partial charge >= 0.3 is 0 Å². The Labute approximate surface area is 133 Å². The van der Waals surface area contributed by atoms with Gasteiger partial charge < -0.3 is 10.1 Å². The van der Waals surface area contributed by atoms with E-state index in [1.807, 2.05) is 23.8 Å². The summed E-state index contributed by atoms with van der Waals surface area (Å²) in [5, 5.41) is 14.0. The number of rotatable bonds is 2. The molecule has 0 atom stereocenters. The summed E-state index contributed by atoms with van der Waals surface area (Å²) < 4.78 is 0.830. The molecule has 0 aliphatic carbocycles. The number of aromatic hydroxyl groups is 1. The van der Waals surface area contributed by atoms with Gasteiger partial charge in [-0.2, -0.15) is 16.3 Å². The van der Waals surface area contributed by atoms with Gasteiger partial charge in [0.05, 0.1) is 0 Å². The van der Waals surface area contributed by atoms with Crippen molar-refractivity contribution in [3.05, 3.63) is 55.4 Å². The van der Waals surface area contributed by atoms with Gasteiger partial charge in [-0.3, -0.25) is 4.79 Å². The first-order chi connectivity index (χ1) is 10.1. The lowest BCUT2D eigenvalue weighted by molar-refractivity contribution is 0.454. The van der Waals surface area contributed by atoms with E-state index in [4.69, 9.17) is 0 Å². The lowest BCUT2D eigenvalue weighted by atomic mass is 10.1. The van der Waals surface area contributed by atoms with Gasteiger partial charge in [0, 0.05) is 15.4 Å². The summed E-state index contributed by atoms with van der Waals surface area (Å²) in [7, 11) is 0. The molecule has 2 aromatic heterocycles. The molecule has 0 saturated heterocycles. The van der Waals surface area contributed by atoms with Gasteiger partial charge in [-0.15, -0.1) is 0 Å². The third-order valence-corrected chi connectivity index (χ3v) is 4.48. The number of aromatic nitrogens is 2. The molecule has 4 nitrogen and oxygen atoms in total. The lowest BCUT2D eigenvalue weighted by Gasteiger charge is -2.06. The van der Waals surface area contributed by atoms with E-state index in [-0.39, 0.29) is 17.0 Å². The van der Waals surface area contributed by atoms with Crippen LogP contribution in [-0.4, -0.2) is 15.1 Å². The molecular formula is C15H11BrN2O2S. The zero-order valence-corrected chi connectivity index (χ0v) is 13.5. The van der Waals surface area contributed by atoms with Crippen molar-refractivity contribution in [3.63, 3.8) is 0 Å². The Kier molecular flexibility index (Phi) is 3.65. The predicted molar refractivity (Wildman–Crippen MR) is 87.7 cm³/mol. The summed E-state index contributed by atoms with van der Waals surface area (Å²) in [4.78, 5) is 19.2. The van der Waals surface area contributed by atoms with E-state index < -0.39 is 0 Å². The summed E-state index contributed by atoms with van der Waals surface area (Å²) in [6.07, 6.45) is 0. The standard InChI is InChI=1S/C15H11BrN2O2S/c1-8-6-21-7-11(8)13-17-14(19)12(15(20)18-13)9-3-2-4-10(16)5-9/h2-7H,1H3,(H2,17,18,19,20). The number of benzene rings is 1. The van der Waals surface area contributed by atoms with Crippen LogP contribution in [-0.2, 0) is 0 Å². The molecular weight excluding hydrogens is 352 g/mol. The summed E-state index contributed by atoms with van der Waals surface area (Å²) in [6, 6.07) is 7.17. The van der Waals surface area contributed by atoms with Crippen molar-refractivity contribution in [1.29, 1.82) is 0 Å². The first-order valence-corrected chi connectivity index (χ1v) is 7.92. The monoisotopic (exact) mass is 362 g/mol. The molecule has 3 aromatic rings. The fourth-order valence-corrected chi connectivity index (χ4v) is 3.33. The molecule has 3 rings (SSSR count). The number of nitrogens with one attached hydrogen (secondary N) is 1. The van der Waals surface area contributed by atoms with E-state index in [2.05, 4.69) is 25.9 Å². The Morgan fingerprint density at radius 2 is 2.14 bits per heavy atom. The SMILES string of the molecule is Cc1cscc1-c1nc(O)c(-c2cccc(Br)c2)c(=O)[nH]1. The molecule has 0 aliphatic rings. The molecule has 0 spiro atoms. The molecule has 2 heterocycles. The number of halogens is 1. The zero-order chi connectivity index (χ0) is 15.0. The molecule has 1 aromatic carbocycles. The van der Waals surface area contributed by atoms with E-state index >= 15 is 0 Å². The van der Waals surface area contributed by atoms with Gasteiger partial charge in [0.1, 0.15) is 11.4 Å². The van der Waals surface area contributed by atoms with E-state index in [1.165, 1.54) is 11.3 Å². The van der Waals surface area contributed by atoms with E-state index in [0.29, 0.717) is 11.4 Å². The average molecular weight is 363 g/mol. The highest BCUT2D eigenvalue weighted by molar-refractivity contribution is 9.10. The van der Waals surface area contributed by atoms with E-state index in [9.17, 15) is 9.90 Å². The Balaban J connectivity index is 2.18. The number of hydrogen-bond donors (Lipinski definition) is 2. The summed E-state index contributed by atoms with van der Waals surface area (Å²) in [6.45, 7) is 1.94. The van der Waals surface area contributed by atoms with Crippen molar-refractivity contribution in [3.8, 4) is 28.4 Å². The summed E-state index contributed by atoms with van der Waals surface area (Å²) >= 11 is 4.88. The molecule has 106 valence electrons. The van der Waals surface area contributed by atoms with Crippen LogP contribution in [0.5, 0.6) is 5.88 Å². The van der Waals surface area contributed by atoms with Crippen LogP contribution in [0.3, 0.4) is 0 Å². The lowest BCUT2D eigenvalue weighted by Crippen LogP contribution is -2.12. The zero-order valence-electron chi connectivity index (χ0n) is 11.1. The minimum absolute atomic E-state index is 0.174. The van der Waals surface area contributed by atoms with Gasteiger partial charge in [0.2, 0.25) is 5.88 Å². The van der Waals surface area contributed by atoms with Crippen LogP contribution in [0.4, 0.5) is 0 Å². The van der Waals surface area contributed by atoms with Gasteiger partial charge in [0.25, 0.3) is 5.56 Å². The maximum Gasteiger partial charge on any atom is 0.262 e. The molecule has 2 N–H and O–H groups in total. The summed E-state index contributed by atoms with van der Waals surface area (Å²) in [5.74, 6) is 0.118. The maximum absolute atomic E-state index is 12.3. The highest BCUT2D eigenvalue weighted by Crippen LogP contribution is 2.29. The molecule has 0 bridgehead atoms. The van der Waals surface area contributed by atoms with Crippen LogP contribution in [0.1, 0.15) is 5.56 Å². The predicted octanol–water partition coefficient (Wildman–Crippen LogP) is 3.94. The highest BCUT2D eigenvalue weighted by atomic mass is 79.9. The second-order valence-corrected chi connectivity index (χ2v) is 6.25. The molecule has 0 amide bonds. The number of aromatic amines is 1. The highest BCUT2D eigenvalue weighted by Gasteiger charge is 2.15. The van der Waals surface area contributed by atoms with E-state index in [0.717, 1.165) is 15.6 Å². The summed E-state index contributed by atoms with van der Waals surface area (Å²) in [5.41, 5.74) is 2.27. The Morgan fingerprint density at radius 3 is 2.76 bits per heavy atom. The Bertz CT molecular complexity index is 870. The molecule has 21 heavy (non-hydrogen) atoms. The van der Waals surface area contributed by atoms with Crippen LogP contribution >= 0.6 is 27.3 Å². The number of H-pyrrole nitrogens is 1. The molecule has 0 aliphatic heterocycles. The third-order valence-electron chi connectivity index (χ3n) is 3.12. The van der Waals surface area contributed by atoms with Crippen LogP contribution < -0.4 is 5.56 Å². The number of aryl methyl sites for hydroxylation is 1. The molecule has 0 saturated carbocycles. The molecule has 0 fully saturated rings. The second kappa shape index (κ2) is 5.46. The minimum Gasteiger partial charge on any atom is -0.493 e. The minimum atomic E-state index is -0.360. The van der Waals surface area contributed by atoms with Crippen molar-refractivity contribution < 1.29 is 5.11 Å². The number of hydrogen-bond acceptors (Lipinski definition) is 4. The van der Waals surface area contributed by atoms with Crippen LogP contribution in [0.25, 0.3) is 22.5 Å². The Morgan fingerprint density at radius 1 is 1.33 bits per heavy atom. The fraction of sp³-hybridized carbons (Fsp3) is 0.0667. The second-order valence-electron chi connectivity index (χ2n) is 4.59. The van der Waals surface area contributed by atoms with Crippen molar-refractivity contribution in [2.75, 3.05) is 0 Å². The van der Waals surface area contributed by atoms with Crippen molar-refractivity contribution in [2.45, 2.75) is 6.92 Å². The van der Waals surface area contributed by atoms with Gasteiger partial charge in [-0.05, 0) is 35.6 Å². The molecule has 0 unspecified atom stereocenters. The first-order valence-electron chi connectivity index (χ1n) is 6.18. The molecule has 0 radical (unpaired) electrons. The topological polar surface area (TPSA) is 66.0 Å². The van der Waals surface area contributed by atoms with Crippen molar-refractivity contribution >= 4 is 27.3 Å². The maximum atomic E-state index is 12.3. The van der Waals surface area contributed by atoms with E-state index in [1.54, 1.807) is 18.2 Å². The van der Waals surface area contributed by atoms with Crippen LogP contribution in [0.2, 0.25) is 0 Å². The number of thiophene rings is 1. The number of nitrogens with zero attached hydrogens (tertiary/aromatic N) is 1. The fourth-order valence-electron chi connectivity index (χ4n) is 2.10. The van der Waals surface area contributed by atoms with Gasteiger partial charge in [0.15, 0.2) is 0 Å². The van der Waals surface area contributed by atoms with Gasteiger partial charge in [-0.25, -0.2) is 0 Å². The smallest absolute Gasteiger partial charge is 0.262 e. The third kappa shape index (κ3) is 2.64. The van der Waals surface area contributed by atoms with Gasteiger partial charge in [-0.1, -0.05) is 28.1 Å². The quantitative estimate of drug-likeness (QED) is 0.725. The largest absolute Gasteiger partial charge is 0.493 e. The van der Waals surface area contributed by atoms with Crippen LogP contribution in [0.15, 0.2) is 44.3 Å². The van der Waals surface area contributed by atoms with Crippen molar-refractivity contribution in [2.24, 2.45) is 0 Å². The van der Waals surface area contributed by atoms with Crippen molar-refractivity contribution in [1.82, 2.24) is 9.97 Å². The van der Waals surface area contributed by atoms with Crippen LogP contribution in [0, 0.1) is 6.92 Å². The first kappa shape index (κ1) is 14.0. The molecule has 6 heteroatoms. The average Bonchev–Trinajstić information content (AvgIpc) is 2.84. The Hall–Kier alpha value is -1.92. The normalized spacial score (nSPS) is 10.8.